The summed E-state index contributed by atoms with van der Waals surface area (Å²) in [6, 6.07) is 12.9. The van der Waals surface area contributed by atoms with E-state index in [0.717, 1.165) is 61.8 Å². The van der Waals surface area contributed by atoms with E-state index in [1.54, 1.807) is 25.3 Å². The number of rotatable bonds is 7. The normalized spacial score (nSPS) is 21.5. The van der Waals surface area contributed by atoms with Crippen molar-refractivity contribution in [2.75, 3.05) is 20.2 Å². The molecule has 1 aliphatic carbocycles. The molecule has 1 saturated heterocycles. The van der Waals surface area contributed by atoms with E-state index in [4.69, 9.17) is 9.47 Å². The van der Waals surface area contributed by atoms with Gasteiger partial charge in [-0.3, -0.25) is 4.79 Å². The summed E-state index contributed by atoms with van der Waals surface area (Å²) in [6.07, 6.45) is 8.77. The number of para-hydroxylation sites is 1. The number of aryl methyl sites for hydroxylation is 1. The minimum Gasteiger partial charge on any atom is -0.496 e. The van der Waals surface area contributed by atoms with Crippen molar-refractivity contribution < 1.29 is 22.7 Å². The molecule has 2 fully saturated rings. The summed E-state index contributed by atoms with van der Waals surface area (Å²) < 4.78 is 39.6. The van der Waals surface area contributed by atoms with Gasteiger partial charge in [-0.05, 0) is 74.8 Å². The first-order chi connectivity index (χ1) is 17.4. The Bertz CT molecular complexity index is 1200. The number of methoxy groups -OCH3 is 1. The Balaban J connectivity index is 1.30. The molecule has 0 radical (unpaired) electrons. The first kappa shape index (κ1) is 25.1. The number of nitrogens with zero attached hydrogens (tertiary/aromatic N) is 1. The summed E-state index contributed by atoms with van der Waals surface area (Å²) in [4.78, 5) is 13.4. The van der Waals surface area contributed by atoms with Crippen molar-refractivity contribution in [3.63, 3.8) is 0 Å². The van der Waals surface area contributed by atoms with E-state index in [2.05, 4.69) is 5.32 Å². The van der Waals surface area contributed by atoms with Gasteiger partial charge in [0.05, 0.1) is 18.0 Å². The molecule has 2 heterocycles. The van der Waals surface area contributed by atoms with Gasteiger partial charge in [0.15, 0.2) is 0 Å². The maximum Gasteiger partial charge on any atom is 0.243 e. The summed E-state index contributed by atoms with van der Waals surface area (Å²) in [7, 11) is -1.97. The number of sulfonamides is 1. The van der Waals surface area contributed by atoms with E-state index in [9.17, 15) is 13.2 Å². The SMILES string of the molecule is COc1ccc(S(=O)(=O)N2CCCC2)cc1CCC(=O)N[C@H]1CC2(CCCCC2)Oc2ccccc21. The second-order valence-electron chi connectivity index (χ2n) is 10.3. The topological polar surface area (TPSA) is 84.9 Å². The first-order valence-corrected chi connectivity index (χ1v) is 14.6. The maximum absolute atomic E-state index is 13.1. The van der Waals surface area contributed by atoms with Gasteiger partial charge in [0.2, 0.25) is 15.9 Å². The van der Waals surface area contributed by atoms with Crippen LogP contribution in [0.4, 0.5) is 0 Å². The lowest BCUT2D eigenvalue weighted by molar-refractivity contribution is -0.122. The molecule has 1 saturated carbocycles. The van der Waals surface area contributed by atoms with Crippen molar-refractivity contribution >= 4 is 15.9 Å². The van der Waals surface area contributed by atoms with Crippen LogP contribution in [-0.2, 0) is 21.2 Å². The minimum absolute atomic E-state index is 0.0579. The van der Waals surface area contributed by atoms with Gasteiger partial charge in [-0.25, -0.2) is 8.42 Å². The quantitative estimate of drug-likeness (QED) is 0.579. The summed E-state index contributed by atoms with van der Waals surface area (Å²) in [5.41, 5.74) is 1.55. The molecule has 2 aromatic rings. The Morgan fingerprint density at radius 1 is 1.08 bits per heavy atom. The lowest BCUT2D eigenvalue weighted by atomic mass is 9.77. The average molecular weight is 513 g/mol. The second-order valence-corrected chi connectivity index (χ2v) is 12.2. The number of nitrogens with one attached hydrogen (secondary N) is 1. The van der Waals surface area contributed by atoms with Gasteiger partial charge in [0, 0.05) is 31.5 Å². The van der Waals surface area contributed by atoms with Crippen LogP contribution < -0.4 is 14.8 Å². The predicted octanol–water partition coefficient (Wildman–Crippen LogP) is 4.76. The van der Waals surface area contributed by atoms with Gasteiger partial charge in [0.1, 0.15) is 17.1 Å². The van der Waals surface area contributed by atoms with Crippen LogP contribution in [0.25, 0.3) is 0 Å². The van der Waals surface area contributed by atoms with Crippen molar-refractivity contribution in [3.8, 4) is 11.5 Å². The van der Waals surface area contributed by atoms with Gasteiger partial charge < -0.3 is 14.8 Å². The first-order valence-electron chi connectivity index (χ1n) is 13.1. The molecular formula is C28H36N2O5S. The minimum atomic E-state index is -3.53. The number of hydrogen-bond donors (Lipinski definition) is 1. The maximum atomic E-state index is 13.1. The molecule has 7 nitrogen and oxygen atoms in total. The third-order valence-electron chi connectivity index (χ3n) is 7.87. The van der Waals surface area contributed by atoms with E-state index in [0.29, 0.717) is 25.3 Å². The zero-order valence-corrected chi connectivity index (χ0v) is 21.8. The highest BCUT2D eigenvalue weighted by Crippen LogP contribution is 2.46. The largest absolute Gasteiger partial charge is 0.496 e. The lowest BCUT2D eigenvalue weighted by Gasteiger charge is -2.44. The third-order valence-corrected chi connectivity index (χ3v) is 9.77. The van der Waals surface area contributed by atoms with Crippen LogP contribution >= 0.6 is 0 Å². The molecule has 1 N–H and O–H groups in total. The number of carbonyl (C=O) groups excluding carboxylic acids is 1. The van der Waals surface area contributed by atoms with Crippen LogP contribution in [0.2, 0.25) is 0 Å². The molecule has 36 heavy (non-hydrogen) atoms. The zero-order chi connectivity index (χ0) is 25.2. The van der Waals surface area contributed by atoms with Crippen molar-refractivity contribution in [3.05, 3.63) is 53.6 Å². The molecule has 5 rings (SSSR count). The fraction of sp³-hybridized carbons (Fsp3) is 0.536. The summed E-state index contributed by atoms with van der Waals surface area (Å²) in [5.74, 6) is 1.41. The van der Waals surface area contributed by atoms with Gasteiger partial charge in [-0.1, -0.05) is 24.6 Å². The standard InChI is InChI=1S/C28H36N2O5S/c1-34-25-13-12-22(36(32,33)30-17-7-8-18-30)19-21(25)11-14-27(31)29-24-20-28(15-5-2-6-16-28)35-26-10-4-3-9-23(24)26/h3-4,9-10,12-13,19,24H,2,5-8,11,14-18,20H2,1H3,(H,29,31)/t24-/m0/s1. The molecule has 0 aromatic heterocycles. The molecule has 2 aromatic carbocycles. The number of carbonyl (C=O) groups is 1. The molecule has 2 aliphatic heterocycles. The number of amides is 1. The molecule has 0 bridgehead atoms. The molecule has 1 spiro atoms. The van der Waals surface area contributed by atoms with E-state index < -0.39 is 10.0 Å². The van der Waals surface area contributed by atoms with E-state index in [-0.39, 0.29) is 28.9 Å². The van der Waals surface area contributed by atoms with E-state index in [1.807, 2.05) is 24.3 Å². The number of ether oxygens (including phenoxy) is 2. The van der Waals surface area contributed by atoms with Crippen molar-refractivity contribution in [1.82, 2.24) is 9.62 Å². The van der Waals surface area contributed by atoms with Crippen LogP contribution in [0, 0.1) is 0 Å². The third kappa shape index (κ3) is 5.11. The molecule has 3 aliphatic rings. The average Bonchev–Trinajstić information content (AvgIpc) is 3.44. The smallest absolute Gasteiger partial charge is 0.243 e. The highest BCUT2D eigenvalue weighted by molar-refractivity contribution is 7.89. The number of fused-ring (bicyclic) bond motifs is 1. The van der Waals surface area contributed by atoms with Crippen molar-refractivity contribution in [2.24, 2.45) is 0 Å². The van der Waals surface area contributed by atoms with Gasteiger partial charge >= 0.3 is 0 Å². The molecular weight excluding hydrogens is 476 g/mol. The molecule has 194 valence electrons. The highest BCUT2D eigenvalue weighted by atomic mass is 32.2. The van der Waals surface area contributed by atoms with Crippen LogP contribution in [0.1, 0.15) is 75.0 Å². The van der Waals surface area contributed by atoms with Crippen LogP contribution in [0.15, 0.2) is 47.4 Å². The summed E-state index contributed by atoms with van der Waals surface area (Å²) >= 11 is 0. The summed E-state index contributed by atoms with van der Waals surface area (Å²) in [5, 5.41) is 3.26. The van der Waals surface area contributed by atoms with Crippen LogP contribution in [0.5, 0.6) is 11.5 Å². The molecule has 1 atom stereocenters. The Morgan fingerprint density at radius 3 is 2.58 bits per heavy atom. The lowest BCUT2D eigenvalue weighted by Crippen LogP contribution is -2.46. The zero-order valence-electron chi connectivity index (χ0n) is 21.0. The Kier molecular flexibility index (Phi) is 7.26. The van der Waals surface area contributed by atoms with E-state index >= 15 is 0 Å². The fourth-order valence-electron chi connectivity index (χ4n) is 5.95. The number of benzene rings is 2. The van der Waals surface area contributed by atoms with Gasteiger partial charge in [-0.2, -0.15) is 4.31 Å². The second kappa shape index (κ2) is 10.4. The van der Waals surface area contributed by atoms with Gasteiger partial charge in [-0.15, -0.1) is 0 Å². The molecule has 1 amide bonds. The fourth-order valence-corrected chi connectivity index (χ4v) is 7.52. The number of hydrogen-bond acceptors (Lipinski definition) is 5. The van der Waals surface area contributed by atoms with Crippen LogP contribution in [-0.4, -0.2) is 44.4 Å². The Morgan fingerprint density at radius 2 is 1.83 bits per heavy atom. The summed E-state index contributed by atoms with van der Waals surface area (Å²) in [6.45, 7) is 1.11. The highest BCUT2D eigenvalue weighted by Gasteiger charge is 2.42. The van der Waals surface area contributed by atoms with Crippen molar-refractivity contribution in [2.45, 2.75) is 80.7 Å². The van der Waals surface area contributed by atoms with Gasteiger partial charge in [0.25, 0.3) is 0 Å². The molecule has 8 heteroatoms. The predicted molar refractivity (Wildman–Crippen MR) is 138 cm³/mol. The van der Waals surface area contributed by atoms with Crippen molar-refractivity contribution in [1.29, 1.82) is 0 Å². The Labute approximate surface area is 214 Å². The molecule has 0 unspecified atom stereocenters. The monoisotopic (exact) mass is 512 g/mol. The van der Waals surface area contributed by atoms with E-state index in [1.165, 1.54) is 10.7 Å². The Hall–Kier alpha value is -2.58. The van der Waals surface area contributed by atoms with Crippen LogP contribution in [0.3, 0.4) is 0 Å².